The molecule has 0 N–H and O–H groups in total. The molecule has 1 aliphatic heterocycles. The van der Waals surface area contributed by atoms with Gasteiger partial charge in [0.25, 0.3) is 17.4 Å². The Kier molecular flexibility index (Phi) is 5.00. The number of nitrogens with zero attached hydrogens (tertiary/aromatic N) is 4. The van der Waals surface area contributed by atoms with Crippen molar-refractivity contribution in [1.29, 1.82) is 0 Å². The average Bonchev–Trinajstić information content (AvgIpc) is 3.25. The number of aryl methyl sites for hydroxylation is 2. The zero-order chi connectivity index (χ0) is 22.6. The van der Waals surface area contributed by atoms with Gasteiger partial charge in [-0.2, -0.15) is 0 Å². The highest BCUT2D eigenvalue weighted by Crippen LogP contribution is 2.41. The van der Waals surface area contributed by atoms with E-state index >= 15 is 0 Å². The molecule has 1 atom stereocenters. The molecule has 2 aliphatic rings. The van der Waals surface area contributed by atoms with Crippen LogP contribution in [0.1, 0.15) is 64.8 Å². The fraction of sp³-hybridized carbons (Fsp3) is 0.458. The third-order valence-corrected chi connectivity index (χ3v) is 7.93. The molecule has 5 rings (SSSR count). The first kappa shape index (κ1) is 21.0. The minimum Gasteiger partial charge on any atom is -0.274 e. The first-order valence-electron chi connectivity index (χ1n) is 11.1. The van der Waals surface area contributed by atoms with E-state index in [4.69, 9.17) is 0 Å². The summed E-state index contributed by atoms with van der Waals surface area (Å²) in [5.41, 5.74) is 2.14. The number of fused-ring (bicyclic) bond motifs is 4. The highest BCUT2D eigenvalue weighted by molar-refractivity contribution is 7.18. The fourth-order valence-corrected chi connectivity index (χ4v) is 6.07. The van der Waals surface area contributed by atoms with Crippen LogP contribution in [0.25, 0.3) is 10.2 Å². The van der Waals surface area contributed by atoms with Gasteiger partial charge in [-0.15, -0.1) is 16.4 Å². The maximum atomic E-state index is 13.2. The summed E-state index contributed by atoms with van der Waals surface area (Å²) in [6.07, 6.45) is 3.40. The number of rotatable bonds is 4. The molecule has 3 heterocycles. The van der Waals surface area contributed by atoms with Crippen LogP contribution in [0, 0.1) is 11.3 Å². The number of carbonyl (C=O) groups excluding carboxylic acids is 2. The Balaban J connectivity index is 1.33. The van der Waals surface area contributed by atoms with Gasteiger partial charge in [0.15, 0.2) is 4.83 Å². The van der Waals surface area contributed by atoms with Crippen molar-refractivity contribution in [2.24, 2.45) is 11.3 Å². The molecule has 7 nitrogen and oxygen atoms in total. The molecular weight excluding hydrogens is 424 g/mol. The Morgan fingerprint density at radius 2 is 1.75 bits per heavy atom. The Labute approximate surface area is 190 Å². The van der Waals surface area contributed by atoms with Crippen LogP contribution in [-0.4, -0.2) is 38.3 Å². The molecule has 32 heavy (non-hydrogen) atoms. The van der Waals surface area contributed by atoms with Gasteiger partial charge in [-0.05, 0) is 54.7 Å². The molecule has 166 valence electrons. The lowest BCUT2D eigenvalue weighted by molar-refractivity contribution is 0.0650. The quantitative estimate of drug-likeness (QED) is 0.566. The molecule has 1 aliphatic carbocycles. The molecule has 0 fully saturated rings. The first-order valence-corrected chi connectivity index (χ1v) is 11.9. The van der Waals surface area contributed by atoms with Gasteiger partial charge in [-0.1, -0.05) is 38.1 Å². The number of hydrogen-bond acceptors (Lipinski definition) is 6. The van der Waals surface area contributed by atoms with Crippen molar-refractivity contribution in [2.75, 3.05) is 6.54 Å². The van der Waals surface area contributed by atoms with E-state index in [1.165, 1.54) is 14.5 Å². The standard InChI is InChI=1S/C24H26N4O3S/c1-24(2,3)14-9-10-17-18(13-14)32-20-19(17)23(31)28(26-25-20)12-6-11-27-21(29)15-7-4-5-8-16(15)22(27)30/h4-5,7-8,14H,6,9-13H2,1-3H3/t14-/m1/s1. The second-order valence-electron chi connectivity index (χ2n) is 9.77. The molecule has 0 saturated carbocycles. The summed E-state index contributed by atoms with van der Waals surface area (Å²) >= 11 is 1.60. The Bertz CT molecular complexity index is 1270. The minimum atomic E-state index is -0.278. The van der Waals surface area contributed by atoms with Crippen LogP contribution >= 0.6 is 11.3 Å². The smallest absolute Gasteiger partial charge is 0.274 e. The van der Waals surface area contributed by atoms with Crippen molar-refractivity contribution in [3.05, 3.63) is 56.2 Å². The van der Waals surface area contributed by atoms with Gasteiger partial charge in [0.05, 0.1) is 16.5 Å². The zero-order valence-corrected chi connectivity index (χ0v) is 19.4. The molecular formula is C24H26N4O3S. The van der Waals surface area contributed by atoms with E-state index in [1.807, 2.05) is 0 Å². The SMILES string of the molecule is CC(C)(C)[C@@H]1CCc2c(sc3nnn(CCCN4C(=O)c5ccccc5C4=O)c(=O)c23)C1. The van der Waals surface area contributed by atoms with Gasteiger partial charge in [-0.25, -0.2) is 4.68 Å². The van der Waals surface area contributed by atoms with E-state index in [9.17, 15) is 14.4 Å². The van der Waals surface area contributed by atoms with Crippen LogP contribution in [0.15, 0.2) is 29.1 Å². The normalized spacial score (nSPS) is 18.3. The predicted octanol–water partition coefficient (Wildman–Crippen LogP) is 3.69. The Hall–Kier alpha value is -2.87. The summed E-state index contributed by atoms with van der Waals surface area (Å²) in [6.45, 7) is 7.38. The molecule has 0 spiro atoms. The molecule has 0 unspecified atom stereocenters. The van der Waals surface area contributed by atoms with Crippen molar-refractivity contribution in [1.82, 2.24) is 19.9 Å². The van der Waals surface area contributed by atoms with Crippen LogP contribution in [0.5, 0.6) is 0 Å². The van der Waals surface area contributed by atoms with Crippen LogP contribution in [-0.2, 0) is 19.4 Å². The zero-order valence-electron chi connectivity index (χ0n) is 18.6. The number of imide groups is 1. The van der Waals surface area contributed by atoms with Crippen molar-refractivity contribution in [3.63, 3.8) is 0 Å². The molecule has 3 aromatic rings. The van der Waals surface area contributed by atoms with Gasteiger partial charge >= 0.3 is 0 Å². The van der Waals surface area contributed by atoms with Crippen molar-refractivity contribution in [3.8, 4) is 0 Å². The van der Waals surface area contributed by atoms with Crippen LogP contribution in [0.3, 0.4) is 0 Å². The summed E-state index contributed by atoms with van der Waals surface area (Å²) in [5.74, 6) is 0.0393. The summed E-state index contributed by atoms with van der Waals surface area (Å²) < 4.78 is 1.38. The number of carbonyl (C=O) groups is 2. The maximum Gasteiger partial charge on any atom is 0.278 e. The van der Waals surface area contributed by atoms with Crippen molar-refractivity contribution in [2.45, 2.75) is 53.0 Å². The third kappa shape index (κ3) is 3.37. The summed E-state index contributed by atoms with van der Waals surface area (Å²) in [4.78, 5) is 41.5. The number of aromatic nitrogens is 3. The van der Waals surface area contributed by atoms with E-state index in [1.54, 1.807) is 35.6 Å². The lowest BCUT2D eigenvalue weighted by Crippen LogP contribution is -2.33. The molecule has 0 saturated heterocycles. The number of thiophene rings is 1. The van der Waals surface area contributed by atoms with Crippen molar-refractivity contribution >= 4 is 33.4 Å². The second-order valence-corrected chi connectivity index (χ2v) is 10.9. The highest BCUT2D eigenvalue weighted by Gasteiger charge is 2.35. The monoisotopic (exact) mass is 450 g/mol. The molecule has 0 bridgehead atoms. The van der Waals surface area contributed by atoms with Crippen LogP contribution in [0.2, 0.25) is 0 Å². The van der Waals surface area contributed by atoms with Crippen LogP contribution < -0.4 is 5.56 Å². The van der Waals surface area contributed by atoms with E-state index < -0.39 is 0 Å². The molecule has 0 radical (unpaired) electrons. The summed E-state index contributed by atoms with van der Waals surface area (Å²) in [7, 11) is 0. The highest BCUT2D eigenvalue weighted by atomic mass is 32.1. The van der Waals surface area contributed by atoms with E-state index in [2.05, 4.69) is 31.1 Å². The lowest BCUT2D eigenvalue weighted by atomic mass is 9.72. The topological polar surface area (TPSA) is 85.2 Å². The second kappa shape index (κ2) is 7.62. The molecule has 1 aromatic carbocycles. The molecule has 2 aromatic heterocycles. The number of benzene rings is 1. The molecule has 8 heteroatoms. The van der Waals surface area contributed by atoms with Gasteiger partial charge in [0.2, 0.25) is 0 Å². The van der Waals surface area contributed by atoms with E-state index in [0.29, 0.717) is 40.2 Å². The van der Waals surface area contributed by atoms with E-state index in [-0.39, 0.29) is 29.3 Å². The lowest BCUT2D eigenvalue weighted by Gasteiger charge is -2.33. The van der Waals surface area contributed by atoms with Gasteiger partial charge < -0.3 is 0 Å². The maximum absolute atomic E-state index is 13.2. The summed E-state index contributed by atoms with van der Waals surface area (Å²) in [5, 5.41) is 9.17. The van der Waals surface area contributed by atoms with Crippen LogP contribution in [0.4, 0.5) is 0 Å². The molecule has 2 amide bonds. The summed E-state index contributed by atoms with van der Waals surface area (Å²) in [6, 6.07) is 6.85. The minimum absolute atomic E-state index is 0.121. The first-order chi connectivity index (χ1) is 15.3. The Morgan fingerprint density at radius 3 is 2.41 bits per heavy atom. The fourth-order valence-electron chi connectivity index (χ4n) is 4.83. The number of amides is 2. The van der Waals surface area contributed by atoms with Gasteiger partial charge in [0.1, 0.15) is 0 Å². The third-order valence-electron chi connectivity index (χ3n) is 6.79. The average molecular weight is 451 g/mol. The van der Waals surface area contributed by atoms with E-state index in [0.717, 1.165) is 24.8 Å². The largest absolute Gasteiger partial charge is 0.278 e. The number of hydrogen-bond donors (Lipinski definition) is 0. The van der Waals surface area contributed by atoms with Crippen molar-refractivity contribution < 1.29 is 9.59 Å². The predicted molar refractivity (Wildman–Crippen MR) is 123 cm³/mol. The Morgan fingerprint density at radius 1 is 1.06 bits per heavy atom. The van der Waals surface area contributed by atoms with Gasteiger partial charge in [0, 0.05) is 18.0 Å². The van der Waals surface area contributed by atoms with Gasteiger partial charge in [-0.3, -0.25) is 19.3 Å².